The van der Waals surface area contributed by atoms with Crippen LogP contribution in [0, 0.1) is 5.41 Å². The average Bonchev–Trinajstić information content (AvgIpc) is 2.37. The third-order valence-electron chi connectivity index (χ3n) is 3.02. The number of sulfone groups is 1. The van der Waals surface area contributed by atoms with Crippen molar-refractivity contribution in [2.45, 2.75) is 18.7 Å². The zero-order chi connectivity index (χ0) is 14.1. The summed E-state index contributed by atoms with van der Waals surface area (Å²) >= 11 is 3.37. The molecule has 0 radical (unpaired) electrons. The molecule has 0 bridgehead atoms. The molecule has 2 aromatic rings. The van der Waals surface area contributed by atoms with Gasteiger partial charge in [-0.1, -0.05) is 60.1 Å². The largest absolute Gasteiger partial charge is 0.224 e. The van der Waals surface area contributed by atoms with Crippen molar-refractivity contribution < 1.29 is 8.42 Å². The topological polar surface area (TPSA) is 34.1 Å². The predicted molar refractivity (Wildman–Crippen MR) is 83.6 cm³/mol. The molecule has 0 amide bonds. The van der Waals surface area contributed by atoms with Gasteiger partial charge in [-0.15, -0.1) is 0 Å². The van der Waals surface area contributed by atoms with Crippen molar-refractivity contribution in [3.8, 4) is 0 Å². The van der Waals surface area contributed by atoms with E-state index in [4.69, 9.17) is 0 Å². The van der Waals surface area contributed by atoms with E-state index >= 15 is 0 Å². The second-order valence-corrected chi connectivity index (χ2v) is 8.12. The van der Waals surface area contributed by atoms with E-state index in [9.17, 15) is 8.42 Å². The van der Waals surface area contributed by atoms with Crippen molar-refractivity contribution in [3.63, 3.8) is 0 Å². The lowest BCUT2D eigenvalue weighted by Gasteiger charge is -2.21. The van der Waals surface area contributed by atoms with Crippen LogP contribution in [0.1, 0.15) is 13.8 Å². The maximum absolute atomic E-state index is 12.4. The van der Waals surface area contributed by atoms with Crippen LogP contribution in [-0.2, 0) is 9.84 Å². The lowest BCUT2D eigenvalue weighted by molar-refractivity contribution is 0.475. The van der Waals surface area contributed by atoms with Gasteiger partial charge in [-0.2, -0.15) is 0 Å². The number of benzene rings is 2. The van der Waals surface area contributed by atoms with Crippen LogP contribution in [0.3, 0.4) is 0 Å². The van der Waals surface area contributed by atoms with E-state index in [0.29, 0.717) is 10.2 Å². The zero-order valence-corrected chi connectivity index (χ0v) is 13.5. The molecule has 0 saturated carbocycles. The first-order valence-corrected chi connectivity index (χ1v) is 8.89. The van der Waals surface area contributed by atoms with Crippen molar-refractivity contribution in [2.24, 2.45) is 5.41 Å². The molecule has 0 aliphatic carbocycles. The van der Waals surface area contributed by atoms with Crippen LogP contribution >= 0.6 is 15.9 Å². The maximum atomic E-state index is 12.4. The number of hydrogen-bond donors (Lipinski definition) is 0. The minimum atomic E-state index is -3.25. The van der Waals surface area contributed by atoms with Crippen molar-refractivity contribution in [1.29, 1.82) is 0 Å². The Morgan fingerprint density at radius 2 is 1.68 bits per heavy atom. The molecule has 102 valence electrons. The predicted octanol–water partition coefficient (Wildman–Crippen LogP) is 4.03. The smallest absolute Gasteiger partial charge is 0.178 e. The van der Waals surface area contributed by atoms with Crippen molar-refractivity contribution in [3.05, 3.63) is 42.5 Å². The first-order chi connectivity index (χ1) is 8.84. The van der Waals surface area contributed by atoms with Crippen LogP contribution in [0.4, 0.5) is 0 Å². The molecular formula is C15H17BrO2S. The Morgan fingerprint density at radius 1 is 1.05 bits per heavy atom. The average molecular weight is 341 g/mol. The Morgan fingerprint density at radius 3 is 2.32 bits per heavy atom. The van der Waals surface area contributed by atoms with Crippen LogP contribution in [0.15, 0.2) is 47.4 Å². The van der Waals surface area contributed by atoms with E-state index in [-0.39, 0.29) is 11.2 Å². The van der Waals surface area contributed by atoms with Crippen molar-refractivity contribution in [2.75, 3.05) is 11.1 Å². The first-order valence-electron chi connectivity index (χ1n) is 6.12. The van der Waals surface area contributed by atoms with Gasteiger partial charge in [-0.25, -0.2) is 8.42 Å². The molecule has 4 heteroatoms. The number of alkyl halides is 1. The van der Waals surface area contributed by atoms with E-state index in [1.165, 1.54) is 0 Å². The summed E-state index contributed by atoms with van der Waals surface area (Å²) in [7, 11) is -3.25. The number of hydrogen-bond acceptors (Lipinski definition) is 2. The minimum Gasteiger partial charge on any atom is -0.224 e. The molecule has 0 unspecified atom stereocenters. The number of halogens is 1. The van der Waals surface area contributed by atoms with Gasteiger partial charge in [-0.05, 0) is 28.3 Å². The van der Waals surface area contributed by atoms with Gasteiger partial charge in [0.2, 0.25) is 0 Å². The highest BCUT2D eigenvalue weighted by Crippen LogP contribution is 2.26. The van der Waals surface area contributed by atoms with Gasteiger partial charge >= 0.3 is 0 Å². The summed E-state index contributed by atoms with van der Waals surface area (Å²) in [5, 5.41) is 2.67. The molecule has 2 rings (SSSR count). The normalized spacial score (nSPS) is 12.8. The van der Waals surface area contributed by atoms with Gasteiger partial charge in [0.1, 0.15) is 0 Å². The quantitative estimate of drug-likeness (QED) is 0.787. The third kappa shape index (κ3) is 3.37. The molecule has 0 atom stereocenters. The van der Waals surface area contributed by atoms with E-state index in [2.05, 4.69) is 15.9 Å². The Kier molecular flexibility index (Phi) is 4.02. The Labute approximate surface area is 122 Å². The minimum absolute atomic E-state index is 0.142. The highest BCUT2D eigenvalue weighted by molar-refractivity contribution is 9.09. The molecule has 0 saturated heterocycles. The fourth-order valence-electron chi connectivity index (χ4n) is 2.00. The first kappa shape index (κ1) is 14.5. The summed E-state index contributed by atoms with van der Waals surface area (Å²) in [6.07, 6.45) is 0. The summed E-state index contributed by atoms with van der Waals surface area (Å²) in [5.41, 5.74) is -0.273. The monoisotopic (exact) mass is 340 g/mol. The Balaban J connectivity index is 2.43. The summed E-state index contributed by atoms with van der Waals surface area (Å²) in [6, 6.07) is 13.1. The van der Waals surface area contributed by atoms with Gasteiger partial charge < -0.3 is 0 Å². The van der Waals surface area contributed by atoms with Gasteiger partial charge in [0.25, 0.3) is 0 Å². The van der Waals surface area contributed by atoms with Gasteiger partial charge in [0.15, 0.2) is 9.84 Å². The molecular weight excluding hydrogens is 324 g/mol. The van der Waals surface area contributed by atoms with Crippen LogP contribution in [0.5, 0.6) is 0 Å². The molecule has 0 spiro atoms. The lowest BCUT2D eigenvalue weighted by Crippen LogP contribution is -2.25. The van der Waals surface area contributed by atoms with Gasteiger partial charge in [-0.3, -0.25) is 0 Å². The standard InChI is InChI=1S/C15H17BrO2S/c1-15(2,10-16)11-19(17,18)14-8-7-12-5-3-4-6-13(12)9-14/h3-9H,10-11H2,1-2H3. The molecule has 2 nitrogen and oxygen atoms in total. The molecule has 0 fully saturated rings. The SMILES string of the molecule is CC(C)(CBr)CS(=O)(=O)c1ccc2ccccc2c1. The molecule has 0 N–H and O–H groups in total. The molecule has 0 aliphatic heterocycles. The molecule has 0 aromatic heterocycles. The summed E-state index contributed by atoms with van der Waals surface area (Å²) < 4.78 is 24.9. The highest BCUT2D eigenvalue weighted by Gasteiger charge is 2.26. The van der Waals surface area contributed by atoms with Crippen LogP contribution in [0.2, 0.25) is 0 Å². The van der Waals surface area contributed by atoms with E-state index < -0.39 is 9.84 Å². The van der Waals surface area contributed by atoms with Gasteiger partial charge in [0, 0.05) is 5.33 Å². The fraction of sp³-hybridized carbons (Fsp3) is 0.333. The van der Waals surface area contributed by atoms with Crippen LogP contribution in [-0.4, -0.2) is 19.5 Å². The second kappa shape index (κ2) is 5.25. The summed E-state index contributed by atoms with van der Waals surface area (Å²) in [5.74, 6) is 0.142. The Bertz CT molecular complexity index is 690. The van der Waals surface area contributed by atoms with E-state index in [0.717, 1.165) is 10.8 Å². The van der Waals surface area contributed by atoms with Crippen LogP contribution < -0.4 is 0 Å². The third-order valence-corrected chi connectivity index (χ3v) is 6.67. The van der Waals surface area contributed by atoms with Crippen LogP contribution in [0.25, 0.3) is 10.8 Å². The highest BCUT2D eigenvalue weighted by atomic mass is 79.9. The fourth-order valence-corrected chi connectivity index (χ4v) is 4.34. The zero-order valence-electron chi connectivity index (χ0n) is 11.1. The van der Waals surface area contributed by atoms with E-state index in [1.54, 1.807) is 12.1 Å². The Hall–Kier alpha value is -0.870. The number of rotatable bonds is 4. The van der Waals surface area contributed by atoms with E-state index in [1.807, 2.05) is 44.2 Å². The lowest BCUT2D eigenvalue weighted by atomic mass is 10.0. The van der Waals surface area contributed by atoms with Crippen molar-refractivity contribution in [1.82, 2.24) is 0 Å². The molecule has 2 aromatic carbocycles. The molecule has 19 heavy (non-hydrogen) atoms. The van der Waals surface area contributed by atoms with Gasteiger partial charge in [0.05, 0.1) is 10.6 Å². The summed E-state index contributed by atoms with van der Waals surface area (Å²) in [6.45, 7) is 3.89. The summed E-state index contributed by atoms with van der Waals surface area (Å²) in [4.78, 5) is 0.403. The maximum Gasteiger partial charge on any atom is 0.178 e. The second-order valence-electron chi connectivity index (χ2n) is 5.57. The molecule has 0 heterocycles. The molecule has 0 aliphatic rings. The van der Waals surface area contributed by atoms with Crippen molar-refractivity contribution >= 4 is 36.5 Å². The number of fused-ring (bicyclic) bond motifs is 1.